The van der Waals surface area contributed by atoms with Crippen molar-refractivity contribution in [1.82, 2.24) is 0 Å². The Bertz CT molecular complexity index is 825. The van der Waals surface area contributed by atoms with Crippen LogP contribution >= 0.6 is 11.6 Å². The number of halogens is 4. The first-order chi connectivity index (χ1) is 12.6. The van der Waals surface area contributed by atoms with Crippen LogP contribution in [0.2, 0.25) is 5.02 Å². The summed E-state index contributed by atoms with van der Waals surface area (Å²) in [5, 5.41) is -0.472. The van der Waals surface area contributed by atoms with Crippen molar-refractivity contribution in [3.05, 3.63) is 59.1 Å². The van der Waals surface area contributed by atoms with Gasteiger partial charge in [0.05, 0.1) is 10.6 Å². The highest BCUT2D eigenvalue weighted by Crippen LogP contribution is 2.37. The first-order valence-electron chi connectivity index (χ1n) is 8.15. The van der Waals surface area contributed by atoms with E-state index in [1.807, 2.05) is 0 Å². The molecule has 0 spiro atoms. The minimum atomic E-state index is -4.67. The molecule has 0 aromatic heterocycles. The van der Waals surface area contributed by atoms with Crippen LogP contribution in [0, 0.1) is 0 Å². The highest BCUT2D eigenvalue weighted by molar-refractivity contribution is 6.31. The molecule has 8 heteroatoms. The zero-order valence-electron chi connectivity index (χ0n) is 14.8. The average molecular weight is 399 g/mol. The van der Waals surface area contributed by atoms with Crippen molar-refractivity contribution in [2.24, 2.45) is 0 Å². The Hall–Kier alpha value is -2.54. The van der Waals surface area contributed by atoms with Crippen molar-refractivity contribution in [3.63, 3.8) is 0 Å². The van der Waals surface area contributed by atoms with Crippen molar-refractivity contribution in [3.8, 4) is 0 Å². The molecule has 0 aliphatic heterocycles. The lowest BCUT2D eigenvalue weighted by Gasteiger charge is -2.27. The summed E-state index contributed by atoms with van der Waals surface area (Å²) in [7, 11) is 0. The lowest BCUT2D eigenvalue weighted by atomic mass is 10.1. The third-order valence-electron chi connectivity index (χ3n) is 3.93. The van der Waals surface area contributed by atoms with Crippen LogP contribution in [-0.4, -0.2) is 24.9 Å². The van der Waals surface area contributed by atoms with E-state index >= 15 is 0 Å². The molecule has 0 N–H and O–H groups in total. The second kappa shape index (κ2) is 8.43. The number of nitrogens with zero attached hydrogens (tertiary/aromatic N) is 2. The fourth-order valence-electron chi connectivity index (χ4n) is 2.61. The molecule has 0 unspecified atom stereocenters. The molecule has 2 amide bonds. The van der Waals surface area contributed by atoms with E-state index in [2.05, 4.69) is 0 Å². The number of carbonyl (C=O) groups excluding carboxylic acids is 2. The summed E-state index contributed by atoms with van der Waals surface area (Å²) in [5.74, 6) is -0.967. The molecule has 2 aromatic rings. The third kappa shape index (κ3) is 5.01. The number of hydrogen-bond donors (Lipinski definition) is 0. The second-order valence-corrected chi connectivity index (χ2v) is 6.15. The summed E-state index contributed by atoms with van der Waals surface area (Å²) in [6.07, 6.45) is -4.67. The molecule has 144 valence electrons. The van der Waals surface area contributed by atoms with Crippen LogP contribution in [0.15, 0.2) is 48.5 Å². The zero-order chi connectivity index (χ0) is 20.2. The van der Waals surface area contributed by atoms with Gasteiger partial charge in [-0.1, -0.05) is 29.8 Å². The van der Waals surface area contributed by atoms with Gasteiger partial charge in [0, 0.05) is 24.8 Å². The van der Waals surface area contributed by atoms with Gasteiger partial charge >= 0.3 is 6.18 Å². The monoisotopic (exact) mass is 398 g/mol. The van der Waals surface area contributed by atoms with Crippen LogP contribution < -0.4 is 9.80 Å². The van der Waals surface area contributed by atoms with Gasteiger partial charge in [-0.05, 0) is 37.3 Å². The van der Waals surface area contributed by atoms with Crippen molar-refractivity contribution < 1.29 is 22.8 Å². The van der Waals surface area contributed by atoms with Gasteiger partial charge in [0.15, 0.2) is 0 Å². The number of carbonyl (C=O) groups is 2. The maximum absolute atomic E-state index is 13.1. The van der Waals surface area contributed by atoms with Crippen LogP contribution in [-0.2, 0) is 15.8 Å². The minimum absolute atomic E-state index is 0.0447. The molecular formula is C19H18ClF3N2O2. The fourth-order valence-corrected chi connectivity index (χ4v) is 2.84. The van der Waals surface area contributed by atoms with Crippen molar-refractivity contribution in [2.45, 2.75) is 20.0 Å². The van der Waals surface area contributed by atoms with Crippen molar-refractivity contribution >= 4 is 34.8 Å². The van der Waals surface area contributed by atoms with Gasteiger partial charge in [0.2, 0.25) is 11.8 Å². The van der Waals surface area contributed by atoms with Crippen LogP contribution in [0.1, 0.15) is 19.4 Å². The van der Waals surface area contributed by atoms with Crippen LogP contribution in [0.25, 0.3) is 0 Å². The molecule has 27 heavy (non-hydrogen) atoms. The molecule has 0 atom stereocenters. The standard InChI is InChI=1S/C19H18ClF3N2O2/c1-3-24(14-7-5-4-6-8-14)18(27)12-25(13(2)26)15-9-10-17(20)16(11-15)19(21,22)23/h4-11H,3,12H2,1-2H3. The van der Waals surface area contributed by atoms with Gasteiger partial charge in [-0.2, -0.15) is 13.2 Å². The summed E-state index contributed by atoms with van der Waals surface area (Å²) >= 11 is 5.63. The van der Waals surface area contributed by atoms with E-state index in [-0.39, 0.29) is 5.69 Å². The molecule has 4 nitrogen and oxygen atoms in total. The molecule has 0 aliphatic carbocycles. The van der Waals surface area contributed by atoms with Crippen LogP contribution in [0.5, 0.6) is 0 Å². The molecule has 0 heterocycles. The second-order valence-electron chi connectivity index (χ2n) is 5.74. The summed E-state index contributed by atoms with van der Waals surface area (Å²) in [6.45, 7) is 2.92. The average Bonchev–Trinajstić information content (AvgIpc) is 2.60. The minimum Gasteiger partial charge on any atom is -0.311 e. The smallest absolute Gasteiger partial charge is 0.311 e. The maximum Gasteiger partial charge on any atom is 0.417 e. The SMILES string of the molecule is CCN(C(=O)CN(C(C)=O)c1ccc(Cl)c(C(F)(F)F)c1)c1ccccc1. The van der Waals surface area contributed by atoms with E-state index in [9.17, 15) is 22.8 Å². The molecule has 0 bridgehead atoms. The third-order valence-corrected chi connectivity index (χ3v) is 4.26. The van der Waals surface area contributed by atoms with E-state index < -0.39 is 35.1 Å². The van der Waals surface area contributed by atoms with E-state index in [0.717, 1.165) is 17.0 Å². The number of likely N-dealkylation sites (N-methyl/N-ethyl adjacent to an activating group) is 1. The number of anilines is 2. The van der Waals surface area contributed by atoms with Gasteiger partial charge < -0.3 is 9.80 Å². The predicted octanol–water partition coefficient (Wildman–Crippen LogP) is 4.76. The molecule has 0 saturated heterocycles. The fraction of sp³-hybridized carbons (Fsp3) is 0.263. The quantitative estimate of drug-likeness (QED) is 0.728. The lowest BCUT2D eigenvalue weighted by molar-refractivity contribution is -0.137. The topological polar surface area (TPSA) is 40.6 Å². The highest BCUT2D eigenvalue weighted by Gasteiger charge is 2.34. The largest absolute Gasteiger partial charge is 0.417 e. The molecule has 0 radical (unpaired) electrons. The number of benzene rings is 2. The summed E-state index contributed by atoms with van der Waals surface area (Å²) in [4.78, 5) is 27.2. The predicted molar refractivity (Wildman–Crippen MR) is 99.0 cm³/mol. The lowest BCUT2D eigenvalue weighted by Crippen LogP contribution is -2.42. The van der Waals surface area contributed by atoms with Crippen LogP contribution in [0.4, 0.5) is 24.5 Å². The van der Waals surface area contributed by atoms with Gasteiger partial charge in [-0.25, -0.2) is 0 Å². The highest BCUT2D eigenvalue weighted by atomic mass is 35.5. The first kappa shape index (κ1) is 20.8. The summed E-state index contributed by atoms with van der Waals surface area (Å²) < 4.78 is 39.3. The Labute approximate surface area is 160 Å². The summed E-state index contributed by atoms with van der Waals surface area (Å²) in [5.41, 5.74) is -0.465. The molecule has 2 aromatic carbocycles. The number of para-hydroxylation sites is 1. The Morgan fingerprint density at radius 2 is 1.63 bits per heavy atom. The van der Waals surface area contributed by atoms with Gasteiger partial charge in [0.1, 0.15) is 6.54 Å². The maximum atomic E-state index is 13.1. The number of rotatable bonds is 5. The first-order valence-corrected chi connectivity index (χ1v) is 8.53. The Morgan fingerprint density at radius 1 is 1.00 bits per heavy atom. The van der Waals surface area contributed by atoms with Gasteiger partial charge in [0.25, 0.3) is 0 Å². The van der Waals surface area contributed by atoms with E-state index in [4.69, 9.17) is 11.6 Å². The van der Waals surface area contributed by atoms with Crippen molar-refractivity contribution in [2.75, 3.05) is 22.9 Å². The van der Waals surface area contributed by atoms with E-state index in [1.54, 1.807) is 37.3 Å². The summed E-state index contributed by atoms with van der Waals surface area (Å²) in [6, 6.07) is 11.9. The number of alkyl halides is 3. The molecule has 0 saturated carbocycles. The molecule has 0 aliphatic rings. The van der Waals surface area contributed by atoms with Gasteiger partial charge in [-0.15, -0.1) is 0 Å². The van der Waals surface area contributed by atoms with Gasteiger partial charge in [-0.3, -0.25) is 9.59 Å². The van der Waals surface area contributed by atoms with Crippen LogP contribution in [0.3, 0.4) is 0 Å². The molecule has 0 fully saturated rings. The Kier molecular flexibility index (Phi) is 6.49. The van der Waals surface area contributed by atoms with E-state index in [0.29, 0.717) is 12.2 Å². The van der Waals surface area contributed by atoms with E-state index in [1.165, 1.54) is 17.9 Å². The number of amides is 2. The van der Waals surface area contributed by atoms with Crippen molar-refractivity contribution in [1.29, 1.82) is 0 Å². The molecular weight excluding hydrogens is 381 g/mol. The zero-order valence-corrected chi connectivity index (χ0v) is 15.5. The number of hydrogen-bond acceptors (Lipinski definition) is 2. The Balaban J connectivity index is 2.33. The molecule has 2 rings (SSSR count). The Morgan fingerprint density at radius 3 is 2.15 bits per heavy atom. The normalized spacial score (nSPS) is 11.2.